The van der Waals surface area contributed by atoms with Gasteiger partial charge in [-0.15, -0.1) is 0 Å². The lowest BCUT2D eigenvalue weighted by Gasteiger charge is -2.37. The SMILES string of the molecule is CC.CC.CC.CCc1cccc(C(C)C(NC)C(=O)NC(C(=O)N(C)[C@H](/C=C(\C)C(=O)O)CC)C(C)(C)C)c1. The van der Waals surface area contributed by atoms with E-state index in [0.717, 1.165) is 12.0 Å². The Labute approximate surface area is 246 Å². The van der Waals surface area contributed by atoms with Gasteiger partial charge >= 0.3 is 5.97 Å². The molecule has 3 unspecified atom stereocenters. The van der Waals surface area contributed by atoms with Crippen molar-refractivity contribution in [3.8, 4) is 0 Å². The van der Waals surface area contributed by atoms with Crippen molar-refractivity contribution in [2.24, 2.45) is 5.41 Å². The molecule has 0 aromatic heterocycles. The second-order valence-corrected chi connectivity index (χ2v) is 10.0. The van der Waals surface area contributed by atoms with E-state index in [2.05, 4.69) is 29.7 Å². The van der Waals surface area contributed by atoms with Gasteiger partial charge in [0, 0.05) is 18.5 Å². The van der Waals surface area contributed by atoms with E-state index < -0.39 is 23.5 Å². The maximum atomic E-state index is 13.5. The molecule has 0 spiro atoms. The minimum atomic E-state index is -1.02. The number of carbonyl (C=O) groups excluding carboxylic acids is 2. The molecule has 4 atom stereocenters. The summed E-state index contributed by atoms with van der Waals surface area (Å²) in [5.74, 6) is -1.62. The van der Waals surface area contributed by atoms with E-state index in [4.69, 9.17) is 0 Å². The zero-order valence-electron chi connectivity index (χ0n) is 28.2. The number of benzene rings is 1. The Morgan fingerprint density at radius 3 is 1.95 bits per heavy atom. The monoisotopic (exact) mass is 563 g/mol. The van der Waals surface area contributed by atoms with Crippen LogP contribution in [0.1, 0.15) is 113 Å². The summed E-state index contributed by atoms with van der Waals surface area (Å²) in [5, 5.41) is 15.4. The van der Waals surface area contributed by atoms with Gasteiger partial charge < -0.3 is 20.6 Å². The molecule has 7 heteroatoms. The summed E-state index contributed by atoms with van der Waals surface area (Å²) in [5.41, 5.74) is 1.90. The lowest BCUT2D eigenvalue weighted by molar-refractivity contribution is -0.140. The van der Waals surface area contributed by atoms with Crippen LogP contribution in [0.5, 0.6) is 0 Å². The van der Waals surface area contributed by atoms with Crippen LogP contribution in [0.3, 0.4) is 0 Å². The molecule has 0 saturated carbocycles. The van der Waals surface area contributed by atoms with Gasteiger partial charge in [-0.1, -0.05) is 113 Å². The molecule has 0 fully saturated rings. The van der Waals surface area contributed by atoms with E-state index in [1.165, 1.54) is 17.4 Å². The molecular formula is C33H61N3O4. The fourth-order valence-corrected chi connectivity index (χ4v) is 4.01. The number of aliphatic carboxylic acids is 1. The van der Waals surface area contributed by atoms with Crippen LogP contribution in [0.25, 0.3) is 0 Å². The minimum Gasteiger partial charge on any atom is -0.478 e. The van der Waals surface area contributed by atoms with Crippen molar-refractivity contribution in [1.29, 1.82) is 0 Å². The molecule has 7 nitrogen and oxygen atoms in total. The van der Waals surface area contributed by atoms with Crippen molar-refractivity contribution in [2.75, 3.05) is 14.1 Å². The average molecular weight is 564 g/mol. The Morgan fingerprint density at radius 2 is 1.55 bits per heavy atom. The fourth-order valence-electron chi connectivity index (χ4n) is 4.01. The molecule has 3 N–H and O–H groups in total. The number of likely N-dealkylation sites (N-methyl/N-ethyl adjacent to an activating group) is 2. The Balaban J connectivity index is -0.00000213. The topological polar surface area (TPSA) is 98.7 Å². The molecule has 40 heavy (non-hydrogen) atoms. The first kappa shape index (κ1) is 41.8. The molecular weight excluding hydrogens is 502 g/mol. The zero-order chi connectivity index (χ0) is 32.2. The molecule has 232 valence electrons. The van der Waals surface area contributed by atoms with E-state index in [1.807, 2.05) is 88.3 Å². The normalized spacial score (nSPS) is 13.8. The lowest BCUT2D eigenvalue weighted by Crippen LogP contribution is -2.59. The number of nitrogens with zero attached hydrogens (tertiary/aromatic N) is 1. The maximum Gasteiger partial charge on any atom is 0.331 e. The van der Waals surface area contributed by atoms with Crippen molar-refractivity contribution >= 4 is 17.8 Å². The summed E-state index contributed by atoms with van der Waals surface area (Å²) in [6.45, 7) is 25.2. The lowest BCUT2D eigenvalue weighted by atomic mass is 9.84. The Morgan fingerprint density at radius 1 is 1.02 bits per heavy atom. The smallest absolute Gasteiger partial charge is 0.331 e. The van der Waals surface area contributed by atoms with Crippen molar-refractivity contribution in [1.82, 2.24) is 15.5 Å². The highest BCUT2D eigenvalue weighted by Gasteiger charge is 2.38. The van der Waals surface area contributed by atoms with Crippen molar-refractivity contribution in [3.05, 3.63) is 47.0 Å². The van der Waals surface area contributed by atoms with Gasteiger partial charge in [0.05, 0.1) is 12.1 Å². The molecule has 0 radical (unpaired) electrons. The molecule has 0 saturated heterocycles. The summed E-state index contributed by atoms with van der Waals surface area (Å²) in [6.07, 6.45) is 3.06. The number of carboxylic acids is 1. The molecule has 0 bridgehead atoms. The summed E-state index contributed by atoms with van der Waals surface area (Å²) in [6, 6.07) is 6.52. The Hall–Kier alpha value is -2.67. The third-order valence-electron chi connectivity index (χ3n) is 6.42. The van der Waals surface area contributed by atoms with E-state index >= 15 is 0 Å². The summed E-state index contributed by atoms with van der Waals surface area (Å²) in [4.78, 5) is 39.7. The quantitative estimate of drug-likeness (QED) is 0.257. The highest BCUT2D eigenvalue weighted by atomic mass is 16.4. The molecule has 0 aliphatic carbocycles. The Kier molecular flexibility index (Phi) is 23.1. The van der Waals surface area contributed by atoms with Crippen molar-refractivity contribution in [3.63, 3.8) is 0 Å². The van der Waals surface area contributed by atoms with Gasteiger partial charge in [-0.05, 0) is 43.4 Å². The third-order valence-corrected chi connectivity index (χ3v) is 6.42. The van der Waals surface area contributed by atoms with E-state index in [0.29, 0.717) is 6.42 Å². The molecule has 0 aliphatic heterocycles. The van der Waals surface area contributed by atoms with Gasteiger partial charge in [0.2, 0.25) is 11.8 Å². The van der Waals surface area contributed by atoms with Gasteiger partial charge in [-0.25, -0.2) is 4.79 Å². The first-order valence-corrected chi connectivity index (χ1v) is 15.0. The molecule has 0 aliphatic rings. The van der Waals surface area contributed by atoms with Crippen LogP contribution in [-0.4, -0.2) is 60.0 Å². The van der Waals surface area contributed by atoms with Crippen molar-refractivity contribution in [2.45, 2.75) is 127 Å². The van der Waals surface area contributed by atoms with Gasteiger partial charge in [0.1, 0.15) is 6.04 Å². The zero-order valence-corrected chi connectivity index (χ0v) is 28.2. The number of rotatable bonds is 11. The van der Waals surface area contributed by atoms with Crippen molar-refractivity contribution < 1.29 is 19.5 Å². The predicted octanol–water partition coefficient (Wildman–Crippen LogP) is 6.82. The number of aryl methyl sites for hydroxylation is 1. The van der Waals surface area contributed by atoms with Crippen LogP contribution in [0.2, 0.25) is 0 Å². The second kappa shape index (κ2) is 22.1. The highest BCUT2D eigenvalue weighted by molar-refractivity contribution is 5.91. The van der Waals surface area contributed by atoms with Gasteiger partial charge in [-0.2, -0.15) is 0 Å². The van der Waals surface area contributed by atoms with E-state index in [-0.39, 0.29) is 29.3 Å². The first-order valence-electron chi connectivity index (χ1n) is 15.0. The largest absolute Gasteiger partial charge is 0.478 e. The summed E-state index contributed by atoms with van der Waals surface area (Å²) >= 11 is 0. The van der Waals surface area contributed by atoms with Crippen LogP contribution in [0.15, 0.2) is 35.9 Å². The first-order chi connectivity index (χ1) is 18.8. The number of carboxylic acid groups (broad SMARTS) is 1. The highest BCUT2D eigenvalue weighted by Crippen LogP contribution is 2.25. The number of nitrogens with one attached hydrogen (secondary N) is 2. The molecule has 1 rings (SSSR count). The van der Waals surface area contributed by atoms with E-state index in [9.17, 15) is 19.5 Å². The molecule has 2 amide bonds. The van der Waals surface area contributed by atoms with Gasteiger partial charge in [0.15, 0.2) is 0 Å². The minimum absolute atomic E-state index is 0.102. The van der Waals surface area contributed by atoms with Gasteiger partial charge in [-0.3, -0.25) is 9.59 Å². The molecule has 1 aromatic rings. The van der Waals surface area contributed by atoms with Crippen LogP contribution in [0, 0.1) is 5.41 Å². The van der Waals surface area contributed by atoms with Crippen LogP contribution in [0.4, 0.5) is 0 Å². The predicted molar refractivity (Wildman–Crippen MR) is 171 cm³/mol. The summed E-state index contributed by atoms with van der Waals surface area (Å²) in [7, 11) is 3.40. The maximum absolute atomic E-state index is 13.5. The molecule has 0 heterocycles. The average Bonchev–Trinajstić information content (AvgIpc) is 2.96. The van der Waals surface area contributed by atoms with Crippen LogP contribution in [-0.2, 0) is 20.8 Å². The fraction of sp³-hybridized carbons (Fsp3) is 0.667. The molecule has 1 aromatic carbocycles. The van der Waals surface area contributed by atoms with Crippen LogP contribution < -0.4 is 10.6 Å². The van der Waals surface area contributed by atoms with Crippen LogP contribution >= 0.6 is 0 Å². The van der Waals surface area contributed by atoms with Gasteiger partial charge in [0.25, 0.3) is 0 Å². The number of hydrogen-bond acceptors (Lipinski definition) is 4. The summed E-state index contributed by atoms with van der Waals surface area (Å²) < 4.78 is 0. The Bertz CT molecular complexity index is 890. The number of hydrogen-bond donors (Lipinski definition) is 3. The number of carbonyl (C=O) groups is 3. The number of amides is 2. The standard InChI is InChI=1S/C27H43N3O4.3C2H6/c1-10-19-13-12-14-20(16-19)18(4)22(28-8)24(31)29-23(27(5,6)7)25(32)30(9)21(11-2)15-17(3)26(33)34;3*1-2/h12-16,18,21-23,28H,10-11H2,1-9H3,(H,29,31)(H,33,34);3*1-2H3/b17-15+;;;/t18?,21-,22?,23?;;;/m0.../s1. The van der Waals surface area contributed by atoms with E-state index in [1.54, 1.807) is 20.2 Å². The second-order valence-electron chi connectivity index (χ2n) is 10.0. The third kappa shape index (κ3) is 13.6.